The van der Waals surface area contributed by atoms with Crippen LogP contribution in [0.4, 0.5) is 13.2 Å². The van der Waals surface area contributed by atoms with Crippen LogP contribution in [0.3, 0.4) is 0 Å². The molecular weight excluding hydrogens is 205 g/mol. The average molecular weight is 218 g/mol. The lowest BCUT2D eigenvalue weighted by Gasteiger charge is -2.55. The second-order valence-corrected chi connectivity index (χ2v) is 5.52. The maximum absolute atomic E-state index is 13.0. The van der Waals surface area contributed by atoms with Crippen molar-refractivity contribution in [3.63, 3.8) is 0 Å². The standard InChI is InChI=1S/C11H13F3O/c12-11(13,14)10-3-6-1-7(4-10)9(15)8(2-6)5-10/h6-8H,1-5H2. The Hall–Kier alpha value is -0.540. The molecule has 4 bridgehead atoms. The fraction of sp³-hybridized carbons (Fsp3) is 0.909. The smallest absolute Gasteiger partial charge is 0.299 e. The third-order valence-corrected chi connectivity index (χ3v) is 4.60. The Bertz CT molecular complexity index is 302. The minimum Gasteiger partial charge on any atom is -0.299 e. The number of Topliss-reactive ketones (excluding diaryl/α,β-unsaturated/α-hetero) is 1. The van der Waals surface area contributed by atoms with E-state index in [4.69, 9.17) is 0 Å². The van der Waals surface area contributed by atoms with Gasteiger partial charge in [-0.25, -0.2) is 0 Å². The first-order valence-electron chi connectivity index (χ1n) is 5.52. The van der Waals surface area contributed by atoms with Crippen LogP contribution in [0.5, 0.6) is 0 Å². The van der Waals surface area contributed by atoms with Gasteiger partial charge in [0.05, 0.1) is 5.41 Å². The monoisotopic (exact) mass is 218 g/mol. The molecule has 4 saturated carbocycles. The van der Waals surface area contributed by atoms with Gasteiger partial charge in [-0.1, -0.05) is 0 Å². The summed E-state index contributed by atoms with van der Waals surface area (Å²) in [6.45, 7) is 0. The van der Waals surface area contributed by atoms with E-state index in [1.165, 1.54) is 0 Å². The van der Waals surface area contributed by atoms with Crippen molar-refractivity contribution in [2.45, 2.75) is 38.3 Å². The molecule has 0 aromatic heterocycles. The van der Waals surface area contributed by atoms with Crippen molar-refractivity contribution in [2.75, 3.05) is 0 Å². The normalized spacial score (nSPS) is 48.7. The largest absolute Gasteiger partial charge is 0.394 e. The topological polar surface area (TPSA) is 17.1 Å². The number of hydrogen-bond donors (Lipinski definition) is 0. The number of halogens is 3. The maximum Gasteiger partial charge on any atom is 0.394 e. The van der Waals surface area contributed by atoms with Gasteiger partial charge >= 0.3 is 6.18 Å². The molecule has 4 aliphatic rings. The molecule has 4 rings (SSSR count). The van der Waals surface area contributed by atoms with Crippen LogP contribution < -0.4 is 0 Å². The van der Waals surface area contributed by atoms with Gasteiger partial charge in [0.15, 0.2) is 0 Å². The molecule has 84 valence electrons. The van der Waals surface area contributed by atoms with Crippen molar-refractivity contribution < 1.29 is 18.0 Å². The van der Waals surface area contributed by atoms with Crippen molar-refractivity contribution >= 4 is 5.78 Å². The molecule has 0 saturated heterocycles. The quantitative estimate of drug-likeness (QED) is 0.611. The SMILES string of the molecule is O=C1C2CC3CC1CC(C(F)(F)F)(C3)C2. The molecule has 2 atom stereocenters. The first-order chi connectivity index (χ1) is 6.91. The number of hydrogen-bond acceptors (Lipinski definition) is 1. The molecular formula is C11H13F3O. The van der Waals surface area contributed by atoms with Gasteiger partial charge in [-0.3, -0.25) is 4.79 Å². The zero-order chi connectivity index (χ0) is 10.8. The van der Waals surface area contributed by atoms with E-state index in [0.717, 1.165) is 0 Å². The van der Waals surface area contributed by atoms with Crippen molar-refractivity contribution in [3.05, 3.63) is 0 Å². The van der Waals surface area contributed by atoms with Crippen molar-refractivity contribution in [1.82, 2.24) is 0 Å². The number of ketones is 1. The van der Waals surface area contributed by atoms with Gasteiger partial charge in [0.25, 0.3) is 0 Å². The van der Waals surface area contributed by atoms with E-state index >= 15 is 0 Å². The van der Waals surface area contributed by atoms with Gasteiger partial charge in [0.2, 0.25) is 0 Å². The van der Waals surface area contributed by atoms with E-state index in [9.17, 15) is 18.0 Å². The highest BCUT2D eigenvalue weighted by molar-refractivity contribution is 5.85. The second-order valence-electron chi connectivity index (χ2n) is 5.52. The molecule has 4 aliphatic carbocycles. The van der Waals surface area contributed by atoms with Crippen LogP contribution in [0.1, 0.15) is 32.1 Å². The van der Waals surface area contributed by atoms with E-state index in [0.29, 0.717) is 12.8 Å². The molecule has 0 N–H and O–H groups in total. The Kier molecular flexibility index (Phi) is 1.66. The molecule has 0 aliphatic heterocycles. The molecule has 1 nitrogen and oxygen atoms in total. The number of rotatable bonds is 0. The van der Waals surface area contributed by atoms with E-state index < -0.39 is 11.6 Å². The van der Waals surface area contributed by atoms with Gasteiger partial charge in [0, 0.05) is 11.8 Å². The average Bonchev–Trinajstić information content (AvgIpc) is 2.10. The molecule has 0 aromatic rings. The van der Waals surface area contributed by atoms with Crippen molar-refractivity contribution in [2.24, 2.45) is 23.2 Å². The highest BCUT2D eigenvalue weighted by atomic mass is 19.4. The van der Waals surface area contributed by atoms with Crippen LogP contribution in [-0.2, 0) is 4.79 Å². The summed E-state index contributed by atoms with van der Waals surface area (Å²) in [5.41, 5.74) is -1.50. The highest BCUT2D eigenvalue weighted by Crippen LogP contribution is 2.64. The Balaban J connectivity index is 1.99. The van der Waals surface area contributed by atoms with Gasteiger partial charge < -0.3 is 0 Å². The fourth-order valence-corrected chi connectivity index (χ4v) is 4.09. The Morgan fingerprint density at radius 3 is 2.07 bits per heavy atom. The predicted molar refractivity (Wildman–Crippen MR) is 47.1 cm³/mol. The molecule has 2 unspecified atom stereocenters. The molecule has 0 aromatic carbocycles. The van der Waals surface area contributed by atoms with Crippen molar-refractivity contribution in [3.8, 4) is 0 Å². The summed E-state index contributed by atoms with van der Waals surface area (Å²) in [5, 5.41) is 0. The molecule has 0 amide bonds. The lowest BCUT2D eigenvalue weighted by molar-refractivity contribution is -0.266. The van der Waals surface area contributed by atoms with E-state index in [2.05, 4.69) is 0 Å². The van der Waals surface area contributed by atoms with Crippen LogP contribution in [0.2, 0.25) is 0 Å². The van der Waals surface area contributed by atoms with Crippen LogP contribution >= 0.6 is 0 Å². The van der Waals surface area contributed by atoms with Gasteiger partial charge in [-0.05, 0) is 38.0 Å². The third-order valence-electron chi connectivity index (χ3n) is 4.60. The number of alkyl halides is 3. The molecule has 0 heterocycles. The lowest BCUT2D eigenvalue weighted by atomic mass is 9.49. The fourth-order valence-electron chi connectivity index (χ4n) is 4.09. The molecule has 4 fully saturated rings. The maximum atomic E-state index is 13.0. The van der Waals surface area contributed by atoms with Crippen molar-refractivity contribution in [1.29, 1.82) is 0 Å². The summed E-state index contributed by atoms with van der Waals surface area (Å²) in [6.07, 6.45) is -2.26. The van der Waals surface area contributed by atoms with E-state index in [1.807, 2.05) is 0 Å². The summed E-state index contributed by atoms with van der Waals surface area (Å²) in [5.74, 6) is -0.289. The number of carbonyl (C=O) groups excluding carboxylic acids is 1. The van der Waals surface area contributed by atoms with Gasteiger partial charge in [-0.15, -0.1) is 0 Å². The van der Waals surface area contributed by atoms with Crippen LogP contribution in [-0.4, -0.2) is 12.0 Å². The minimum absolute atomic E-state index is 0.0718. The zero-order valence-electron chi connectivity index (χ0n) is 8.31. The predicted octanol–water partition coefficient (Wildman–Crippen LogP) is 2.94. The molecule has 4 heteroatoms. The Morgan fingerprint density at radius 1 is 1.07 bits per heavy atom. The van der Waals surface area contributed by atoms with Gasteiger partial charge in [0.1, 0.15) is 5.78 Å². The second kappa shape index (κ2) is 2.58. The Labute approximate surface area is 86.0 Å². The van der Waals surface area contributed by atoms with E-state index in [-0.39, 0.29) is 42.8 Å². The summed E-state index contributed by atoms with van der Waals surface area (Å²) >= 11 is 0. The van der Waals surface area contributed by atoms with Crippen LogP contribution in [0.15, 0.2) is 0 Å². The summed E-state index contributed by atoms with van der Waals surface area (Å²) in [4.78, 5) is 11.7. The number of carbonyl (C=O) groups is 1. The Morgan fingerprint density at radius 2 is 1.60 bits per heavy atom. The first kappa shape index (κ1) is 9.67. The molecule has 15 heavy (non-hydrogen) atoms. The third kappa shape index (κ3) is 1.14. The zero-order valence-corrected chi connectivity index (χ0v) is 8.31. The lowest BCUT2D eigenvalue weighted by Crippen LogP contribution is -2.56. The van der Waals surface area contributed by atoms with Crippen LogP contribution in [0, 0.1) is 23.2 Å². The van der Waals surface area contributed by atoms with Gasteiger partial charge in [-0.2, -0.15) is 13.2 Å². The van der Waals surface area contributed by atoms with Crippen LogP contribution in [0.25, 0.3) is 0 Å². The minimum atomic E-state index is -4.11. The summed E-state index contributed by atoms with van der Waals surface area (Å²) < 4.78 is 39.0. The molecule has 0 spiro atoms. The van der Waals surface area contributed by atoms with E-state index in [1.54, 1.807) is 0 Å². The summed E-state index contributed by atoms with van der Waals surface area (Å²) in [6, 6.07) is 0. The highest BCUT2D eigenvalue weighted by Gasteiger charge is 2.65. The first-order valence-corrected chi connectivity index (χ1v) is 5.52. The molecule has 0 radical (unpaired) electrons. The summed E-state index contributed by atoms with van der Waals surface area (Å²) in [7, 11) is 0.